The van der Waals surface area contributed by atoms with Gasteiger partial charge in [0.05, 0.1) is 17.1 Å². The summed E-state index contributed by atoms with van der Waals surface area (Å²) in [4.78, 5) is 9.32. The van der Waals surface area contributed by atoms with Gasteiger partial charge in [-0.1, -0.05) is 12.8 Å². The second-order valence-corrected chi connectivity index (χ2v) is 6.63. The SMILES string of the molecule is O=[N+]([O-])c1cc(F)ccc1S(=O)(=O)NC1CCCCC1O. The molecule has 0 aromatic heterocycles. The second kappa shape index (κ2) is 6.04. The molecule has 0 spiro atoms. The lowest BCUT2D eigenvalue weighted by Crippen LogP contribution is -2.45. The minimum absolute atomic E-state index is 0.454. The molecule has 0 aliphatic heterocycles. The molecule has 1 aliphatic rings. The molecule has 7 nitrogen and oxygen atoms in total. The fraction of sp³-hybridized carbons (Fsp3) is 0.500. The monoisotopic (exact) mass is 318 g/mol. The summed E-state index contributed by atoms with van der Waals surface area (Å²) in [7, 11) is -4.20. The summed E-state index contributed by atoms with van der Waals surface area (Å²) in [5, 5.41) is 20.7. The molecule has 116 valence electrons. The van der Waals surface area contributed by atoms with Gasteiger partial charge in [-0.2, -0.15) is 0 Å². The summed E-state index contributed by atoms with van der Waals surface area (Å²) in [6.45, 7) is 0. The van der Waals surface area contributed by atoms with Crippen LogP contribution < -0.4 is 4.72 Å². The van der Waals surface area contributed by atoms with Crippen LogP contribution in [0.1, 0.15) is 25.7 Å². The van der Waals surface area contributed by atoms with E-state index in [0.717, 1.165) is 25.0 Å². The first-order chi connectivity index (χ1) is 9.81. The van der Waals surface area contributed by atoms with Crippen LogP contribution in [0.3, 0.4) is 0 Å². The third kappa shape index (κ3) is 3.55. The van der Waals surface area contributed by atoms with E-state index in [1.54, 1.807) is 0 Å². The Morgan fingerprint density at radius 1 is 1.33 bits per heavy atom. The fourth-order valence-electron chi connectivity index (χ4n) is 2.37. The van der Waals surface area contributed by atoms with Gasteiger partial charge in [0.1, 0.15) is 5.82 Å². The molecular weight excluding hydrogens is 303 g/mol. The Morgan fingerprint density at radius 2 is 2.00 bits per heavy atom. The van der Waals surface area contributed by atoms with Gasteiger partial charge >= 0.3 is 0 Å². The molecule has 1 saturated carbocycles. The lowest BCUT2D eigenvalue weighted by molar-refractivity contribution is -0.388. The second-order valence-electron chi connectivity index (χ2n) is 4.95. The number of nitro benzene ring substituents is 1. The molecule has 1 aromatic carbocycles. The summed E-state index contributed by atoms with van der Waals surface area (Å²) in [5.74, 6) is -0.890. The highest BCUT2D eigenvalue weighted by atomic mass is 32.2. The van der Waals surface area contributed by atoms with Crippen molar-refractivity contribution in [3.63, 3.8) is 0 Å². The van der Waals surface area contributed by atoms with Crippen molar-refractivity contribution >= 4 is 15.7 Å². The van der Waals surface area contributed by atoms with E-state index in [1.807, 2.05) is 0 Å². The van der Waals surface area contributed by atoms with Crippen molar-refractivity contribution in [2.75, 3.05) is 0 Å². The predicted octanol–water partition coefficient (Wildman–Crippen LogP) is 1.32. The average molecular weight is 318 g/mol. The zero-order chi connectivity index (χ0) is 15.6. The maximum atomic E-state index is 13.1. The lowest BCUT2D eigenvalue weighted by atomic mass is 9.93. The van der Waals surface area contributed by atoms with Gasteiger partial charge in [0.25, 0.3) is 5.69 Å². The maximum Gasteiger partial charge on any atom is 0.292 e. The highest BCUT2D eigenvalue weighted by Gasteiger charge is 2.32. The van der Waals surface area contributed by atoms with Crippen LogP contribution in [0.15, 0.2) is 23.1 Å². The zero-order valence-corrected chi connectivity index (χ0v) is 11.8. The first-order valence-corrected chi connectivity index (χ1v) is 7.94. The Labute approximate surface area is 121 Å². The average Bonchev–Trinajstić information content (AvgIpc) is 2.40. The van der Waals surface area contributed by atoms with Gasteiger partial charge in [0, 0.05) is 6.04 Å². The van der Waals surface area contributed by atoms with E-state index in [-0.39, 0.29) is 0 Å². The van der Waals surface area contributed by atoms with E-state index in [4.69, 9.17) is 0 Å². The van der Waals surface area contributed by atoms with Crippen LogP contribution >= 0.6 is 0 Å². The number of nitro groups is 1. The first kappa shape index (κ1) is 15.8. The smallest absolute Gasteiger partial charge is 0.292 e. The Kier molecular flexibility index (Phi) is 4.55. The number of hydrogen-bond acceptors (Lipinski definition) is 5. The van der Waals surface area contributed by atoms with E-state index < -0.39 is 43.5 Å². The van der Waals surface area contributed by atoms with Crippen LogP contribution in [-0.4, -0.2) is 30.6 Å². The molecule has 1 aliphatic carbocycles. The molecule has 2 N–H and O–H groups in total. The van der Waals surface area contributed by atoms with Crippen LogP contribution in [0.25, 0.3) is 0 Å². The third-order valence-electron chi connectivity index (χ3n) is 3.44. The van der Waals surface area contributed by atoms with E-state index in [0.29, 0.717) is 18.9 Å². The van der Waals surface area contributed by atoms with Crippen LogP contribution in [0, 0.1) is 15.9 Å². The Morgan fingerprint density at radius 3 is 2.62 bits per heavy atom. The van der Waals surface area contributed by atoms with Crippen molar-refractivity contribution in [1.82, 2.24) is 4.72 Å². The number of aliphatic hydroxyl groups excluding tert-OH is 1. The molecule has 1 fully saturated rings. The molecule has 1 aromatic rings. The highest BCUT2D eigenvalue weighted by molar-refractivity contribution is 7.89. The molecule has 21 heavy (non-hydrogen) atoms. The van der Waals surface area contributed by atoms with E-state index in [9.17, 15) is 28.0 Å². The van der Waals surface area contributed by atoms with Crippen molar-refractivity contribution in [2.24, 2.45) is 0 Å². The molecule has 0 saturated heterocycles. The van der Waals surface area contributed by atoms with Crippen LogP contribution in [-0.2, 0) is 10.0 Å². The number of nitrogens with zero attached hydrogens (tertiary/aromatic N) is 1. The zero-order valence-electron chi connectivity index (χ0n) is 11.0. The molecule has 2 atom stereocenters. The molecule has 0 bridgehead atoms. The van der Waals surface area contributed by atoms with Gasteiger partial charge < -0.3 is 5.11 Å². The van der Waals surface area contributed by atoms with Crippen molar-refractivity contribution < 1.29 is 22.8 Å². The van der Waals surface area contributed by atoms with Crippen molar-refractivity contribution in [3.05, 3.63) is 34.1 Å². The van der Waals surface area contributed by atoms with Crippen molar-refractivity contribution in [1.29, 1.82) is 0 Å². The van der Waals surface area contributed by atoms with Crippen molar-refractivity contribution in [3.8, 4) is 0 Å². The van der Waals surface area contributed by atoms with Gasteiger partial charge in [-0.3, -0.25) is 10.1 Å². The van der Waals surface area contributed by atoms with Gasteiger partial charge in [-0.05, 0) is 25.0 Å². The molecule has 0 amide bonds. The largest absolute Gasteiger partial charge is 0.391 e. The van der Waals surface area contributed by atoms with E-state index in [2.05, 4.69) is 4.72 Å². The number of benzene rings is 1. The molecule has 2 rings (SSSR count). The summed E-state index contributed by atoms with van der Waals surface area (Å²) in [6, 6.07) is 1.57. The number of hydrogen-bond donors (Lipinski definition) is 2. The fourth-order valence-corrected chi connectivity index (χ4v) is 3.83. The summed E-state index contributed by atoms with van der Waals surface area (Å²) in [6.07, 6.45) is 1.66. The van der Waals surface area contributed by atoms with Crippen LogP contribution in [0.2, 0.25) is 0 Å². The standard InChI is InChI=1S/C12H15FN2O5S/c13-8-5-6-12(10(7-8)15(17)18)21(19,20)14-9-3-1-2-4-11(9)16/h5-7,9,11,14,16H,1-4H2. The Hall–Kier alpha value is -1.58. The summed E-state index contributed by atoms with van der Waals surface area (Å²) >= 11 is 0. The van der Waals surface area contributed by atoms with Crippen molar-refractivity contribution in [2.45, 2.75) is 42.7 Å². The van der Waals surface area contributed by atoms with E-state index >= 15 is 0 Å². The van der Waals surface area contributed by atoms with E-state index in [1.165, 1.54) is 0 Å². The summed E-state index contributed by atoms with van der Waals surface area (Å²) in [5.41, 5.74) is -0.826. The Bertz CT molecular complexity index is 649. The molecule has 2 unspecified atom stereocenters. The van der Waals surface area contributed by atoms with Gasteiger partial charge in [-0.25, -0.2) is 17.5 Å². The van der Waals surface area contributed by atoms with Gasteiger partial charge in [-0.15, -0.1) is 0 Å². The number of rotatable bonds is 4. The molecule has 0 heterocycles. The molecule has 0 radical (unpaired) electrons. The highest BCUT2D eigenvalue weighted by Crippen LogP contribution is 2.26. The lowest BCUT2D eigenvalue weighted by Gasteiger charge is -2.27. The molecular formula is C12H15FN2O5S. The topological polar surface area (TPSA) is 110 Å². The third-order valence-corrected chi connectivity index (χ3v) is 4.98. The van der Waals surface area contributed by atoms with Gasteiger partial charge in [0.2, 0.25) is 10.0 Å². The predicted molar refractivity (Wildman–Crippen MR) is 71.6 cm³/mol. The summed E-state index contributed by atoms with van der Waals surface area (Å²) < 4.78 is 39.8. The quantitative estimate of drug-likeness (QED) is 0.642. The van der Waals surface area contributed by atoms with Crippen LogP contribution in [0.4, 0.5) is 10.1 Å². The normalized spacial score (nSPS) is 23.0. The number of nitrogens with one attached hydrogen (secondary N) is 1. The Balaban J connectivity index is 2.33. The number of halogens is 1. The van der Waals surface area contributed by atoms with Gasteiger partial charge in [0.15, 0.2) is 4.90 Å². The van der Waals surface area contributed by atoms with Crippen LogP contribution in [0.5, 0.6) is 0 Å². The minimum atomic E-state index is -4.20. The number of sulfonamides is 1. The first-order valence-electron chi connectivity index (χ1n) is 6.45. The minimum Gasteiger partial charge on any atom is -0.391 e. The maximum absolute atomic E-state index is 13.1. The number of aliphatic hydroxyl groups is 1. The molecule has 9 heteroatoms.